The summed E-state index contributed by atoms with van der Waals surface area (Å²) in [6.45, 7) is 8.68. The highest BCUT2D eigenvalue weighted by Crippen LogP contribution is 2.68. The summed E-state index contributed by atoms with van der Waals surface area (Å²) >= 11 is 0. The highest BCUT2D eigenvalue weighted by molar-refractivity contribution is 5.83. The van der Waals surface area contributed by atoms with Crippen molar-refractivity contribution in [1.29, 1.82) is 0 Å². The molecule has 0 amide bonds. The van der Waals surface area contributed by atoms with Crippen molar-refractivity contribution in [3.05, 3.63) is 0 Å². The van der Waals surface area contributed by atoms with Gasteiger partial charge in [0.05, 0.1) is 13.2 Å². The van der Waals surface area contributed by atoms with E-state index in [9.17, 15) is 9.90 Å². The lowest BCUT2D eigenvalue weighted by Crippen LogP contribution is -2.59. The van der Waals surface area contributed by atoms with Crippen LogP contribution in [0, 0.1) is 46.3 Å². The lowest BCUT2D eigenvalue weighted by molar-refractivity contribution is -0.226. The Morgan fingerprint density at radius 2 is 1.75 bits per heavy atom. The van der Waals surface area contributed by atoms with Crippen molar-refractivity contribution in [3.8, 4) is 0 Å². The molecule has 5 heteroatoms. The first kappa shape index (κ1) is 23.3. The van der Waals surface area contributed by atoms with Crippen molar-refractivity contribution in [2.45, 2.75) is 97.1 Å². The Labute approximate surface area is 193 Å². The smallest absolute Gasteiger partial charge is 0.169 e. The zero-order valence-corrected chi connectivity index (χ0v) is 20.6. The first-order chi connectivity index (χ1) is 15.2. The number of fused-ring (bicyclic) bond motifs is 5. The number of ketones is 1. The largest absolute Gasteiger partial charge is 0.368 e. The fraction of sp³-hybridized carbons (Fsp3) is 0.963. The number of rotatable bonds is 5. The van der Waals surface area contributed by atoms with Gasteiger partial charge in [-0.25, -0.2) is 0 Å². The molecule has 4 saturated carbocycles. The Balaban J connectivity index is 1.33. The van der Waals surface area contributed by atoms with Gasteiger partial charge in [-0.05, 0) is 85.4 Å². The quantitative estimate of drug-likeness (QED) is 0.603. The average Bonchev–Trinajstić information content (AvgIpc) is 3.37. The molecule has 1 heterocycles. The minimum atomic E-state index is -0.645. The van der Waals surface area contributed by atoms with Crippen LogP contribution in [0.15, 0.2) is 0 Å². The van der Waals surface area contributed by atoms with Gasteiger partial charge in [-0.1, -0.05) is 20.8 Å². The molecule has 0 aromatic carbocycles. The number of Topliss-reactive ketones (excluding diaryl/α,β-unsaturated/α-hetero) is 1. The van der Waals surface area contributed by atoms with Crippen molar-refractivity contribution < 1.29 is 24.1 Å². The minimum absolute atomic E-state index is 0.103. The molecular weight excluding hydrogens is 404 g/mol. The molecule has 4 aliphatic carbocycles. The predicted octanol–water partition coefficient (Wildman–Crippen LogP) is 4.95. The van der Waals surface area contributed by atoms with Crippen LogP contribution < -0.4 is 0 Å². The lowest BCUT2D eigenvalue weighted by Gasteiger charge is -2.61. The van der Waals surface area contributed by atoms with Crippen molar-refractivity contribution >= 4 is 5.78 Å². The molecule has 5 fully saturated rings. The van der Waals surface area contributed by atoms with E-state index in [0.29, 0.717) is 60.4 Å². The maximum atomic E-state index is 13.6. The lowest BCUT2D eigenvalue weighted by atomic mass is 9.44. The Bertz CT molecular complexity index is 717. The maximum absolute atomic E-state index is 13.6. The maximum Gasteiger partial charge on any atom is 0.169 e. The van der Waals surface area contributed by atoms with Gasteiger partial charge >= 0.3 is 0 Å². The average molecular weight is 449 g/mol. The van der Waals surface area contributed by atoms with Crippen LogP contribution in [0.25, 0.3) is 0 Å². The van der Waals surface area contributed by atoms with Crippen molar-refractivity contribution in [2.75, 3.05) is 20.3 Å². The summed E-state index contributed by atoms with van der Waals surface area (Å²) in [5.41, 5.74) is 0.434. The summed E-state index contributed by atoms with van der Waals surface area (Å²) in [4.78, 5) is 13.6. The molecule has 1 aliphatic heterocycles. The zero-order chi connectivity index (χ0) is 22.7. The predicted molar refractivity (Wildman–Crippen MR) is 122 cm³/mol. The minimum Gasteiger partial charge on any atom is -0.368 e. The van der Waals surface area contributed by atoms with Gasteiger partial charge in [-0.15, -0.1) is 0 Å². The molecule has 1 spiro atoms. The number of hydrogen-bond acceptors (Lipinski definition) is 5. The van der Waals surface area contributed by atoms with Gasteiger partial charge in [0.2, 0.25) is 0 Å². The molecule has 32 heavy (non-hydrogen) atoms. The molecule has 182 valence electrons. The van der Waals surface area contributed by atoms with Crippen LogP contribution in [0.2, 0.25) is 0 Å². The number of carbonyl (C=O) groups excluding carboxylic acids is 1. The van der Waals surface area contributed by atoms with Crippen molar-refractivity contribution in [3.63, 3.8) is 0 Å². The molecule has 5 rings (SSSR count). The third kappa shape index (κ3) is 3.52. The summed E-state index contributed by atoms with van der Waals surface area (Å²) in [6.07, 6.45) is 9.71. The summed E-state index contributed by atoms with van der Waals surface area (Å²) in [7, 11) is 1.58. The van der Waals surface area contributed by atoms with E-state index in [2.05, 4.69) is 20.8 Å². The molecular formula is C27H44O5. The summed E-state index contributed by atoms with van der Waals surface area (Å²) < 4.78 is 17.1. The first-order valence-corrected chi connectivity index (χ1v) is 13.2. The standard InChI is InChI=1S/C27H44O5/c1-17(5-8-24(29)30-4)19-6-7-20-18-15-23(28)22-16-27(31-13-14-32-27)12-11-26(22,3)21(18)9-10-25(19,20)2/h17-22,24,29H,5-16H2,1-4H3/t17?,18?,19-,20?,21?,22?,24?,25-,26-/m1/s1. The number of ether oxygens (including phenoxy) is 3. The molecule has 1 saturated heterocycles. The van der Waals surface area contributed by atoms with E-state index in [4.69, 9.17) is 14.2 Å². The summed E-state index contributed by atoms with van der Waals surface area (Å²) in [5, 5.41) is 9.87. The van der Waals surface area contributed by atoms with Gasteiger partial charge in [0.25, 0.3) is 0 Å². The number of aliphatic hydroxyl groups is 1. The number of carbonyl (C=O) groups is 1. The van der Waals surface area contributed by atoms with E-state index in [1.807, 2.05) is 0 Å². The topological polar surface area (TPSA) is 65.0 Å². The molecule has 5 aliphatic rings. The van der Waals surface area contributed by atoms with E-state index in [-0.39, 0.29) is 11.3 Å². The molecule has 5 nitrogen and oxygen atoms in total. The number of hydrogen-bond donors (Lipinski definition) is 1. The fourth-order valence-corrected chi connectivity index (χ4v) is 9.43. The third-order valence-electron chi connectivity index (χ3n) is 11.2. The first-order valence-electron chi connectivity index (χ1n) is 13.2. The normalized spacial score (nSPS) is 47.0. The highest BCUT2D eigenvalue weighted by Gasteiger charge is 2.64. The van der Waals surface area contributed by atoms with E-state index in [1.54, 1.807) is 7.11 Å². The number of methoxy groups -OCH3 is 1. The van der Waals surface area contributed by atoms with E-state index < -0.39 is 12.1 Å². The molecule has 0 aromatic rings. The molecule has 6 unspecified atom stereocenters. The van der Waals surface area contributed by atoms with Crippen LogP contribution in [-0.4, -0.2) is 43.3 Å². The van der Waals surface area contributed by atoms with Crippen molar-refractivity contribution in [2.24, 2.45) is 46.3 Å². The monoisotopic (exact) mass is 448 g/mol. The summed E-state index contributed by atoms with van der Waals surface area (Å²) in [6, 6.07) is 0. The van der Waals surface area contributed by atoms with Gasteiger partial charge in [-0.3, -0.25) is 4.79 Å². The van der Waals surface area contributed by atoms with Crippen LogP contribution in [0.5, 0.6) is 0 Å². The molecule has 0 radical (unpaired) electrons. The Morgan fingerprint density at radius 1 is 1.03 bits per heavy atom. The van der Waals surface area contributed by atoms with Gasteiger partial charge < -0.3 is 19.3 Å². The van der Waals surface area contributed by atoms with Crippen LogP contribution >= 0.6 is 0 Å². The molecule has 9 atom stereocenters. The Hall–Kier alpha value is -0.490. The van der Waals surface area contributed by atoms with Crippen LogP contribution in [-0.2, 0) is 19.0 Å². The van der Waals surface area contributed by atoms with Gasteiger partial charge in [-0.2, -0.15) is 0 Å². The second-order valence-electron chi connectivity index (χ2n) is 12.4. The second-order valence-corrected chi connectivity index (χ2v) is 12.4. The number of aliphatic hydroxyl groups excluding tert-OH is 1. The van der Waals surface area contributed by atoms with Gasteiger partial charge in [0.1, 0.15) is 5.78 Å². The van der Waals surface area contributed by atoms with Crippen LogP contribution in [0.3, 0.4) is 0 Å². The third-order valence-corrected chi connectivity index (χ3v) is 11.2. The van der Waals surface area contributed by atoms with Crippen LogP contribution in [0.1, 0.15) is 85.0 Å². The molecule has 0 bridgehead atoms. The molecule has 1 N–H and O–H groups in total. The zero-order valence-electron chi connectivity index (χ0n) is 20.6. The van der Waals surface area contributed by atoms with E-state index in [1.165, 1.54) is 25.7 Å². The summed E-state index contributed by atoms with van der Waals surface area (Å²) in [5.74, 6) is 3.25. The second kappa shape index (κ2) is 8.32. The van der Waals surface area contributed by atoms with Gasteiger partial charge in [0, 0.05) is 32.3 Å². The van der Waals surface area contributed by atoms with E-state index >= 15 is 0 Å². The Kier molecular flexibility index (Phi) is 6.05. The SMILES string of the molecule is COC(O)CCC(C)[C@H]1CCC2C3CC(=O)C4CC5(CC[C@]4(C)C3CC[C@@]21C)OCCO5. The van der Waals surface area contributed by atoms with Gasteiger partial charge in [0.15, 0.2) is 12.1 Å². The van der Waals surface area contributed by atoms with Crippen LogP contribution in [0.4, 0.5) is 0 Å². The Morgan fingerprint density at radius 3 is 2.47 bits per heavy atom. The molecule has 0 aromatic heterocycles. The van der Waals surface area contributed by atoms with Crippen molar-refractivity contribution in [1.82, 2.24) is 0 Å². The highest BCUT2D eigenvalue weighted by atomic mass is 16.7. The van der Waals surface area contributed by atoms with E-state index in [0.717, 1.165) is 32.1 Å². The fourth-order valence-electron chi connectivity index (χ4n) is 9.43.